The average Bonchev–Trinajstić information content (AvgIpc) is 2.21. The summed E-state index contributed by atoms with van der Waals surface area (Å²) in [6.07, 6.45) is 3.57. The molecule has 0 saturated carbocycles. The largest absolute Gasteiger partial charge is 0.497 e. The molecule has 0 bridgehead atoms. The molecule has 0 aliphatic heterocycles. The minimum Gasteiger partial charge on any atom is -0.497 e. The van der Waals surface area contributed by atoms with Gasteiger partial charge in [0.15, 0.2) is 5.78 Å². The van der Waals surface area contributed by atoms with Gasteiger partial charge in [-0.15, -0.1) is 0 Å². The van der Waals surface area contributed by atoms with Crippen molar-refractivity contribution in [3.8, 4) is 0 Å². The SMILES string of the molecule is CCC1=C(CC)C(OC)=CC(C)(C)C1=O. The molecule has 84 valence electrons. The molecule has 0 atom stereocenters. The average molecular weight is 208 g/mol. The highest BCUT2D eigenvalue weighted by Crippen LogP contribution is 2.36. The summed E-state index contributed by atoms with van der Waals surface area (Å²) in [6.45, 7) is 7.97. The highest BCUT2D eigenvalue weighted by atomic mass is 16.5. The second-order valence-corrected chi connectivity index (χ2v) is 4.43. The fourth-order valence-electron chi connectivity index (χ4n) is 2.10. The Kier molecular flexibility index (Phi) is 3.38. The standard InChI is InChI=1S/C13H20O2/c1-6-9-10(7-2)12(14)13(3,4)8-11(9)15-5/h8H,6-7H2,1-5H3. The fraction of sp³-hybridized carbons (Fsp3) is 0.615. The number of hydrogen-bond acceptors (Lipinski definition) is 2. The van der Waals surface area contributed by atoms with Crippen molar-refractivity contribution in [2.75, 3.05) is 7.11 Å². The van der Waals surface area contributed by atoms with Crippen LogP contribution >= 0.6 is 0 Å². The monoisotopic (exact) mass is 208 g/mol. The summed E-state index contributed by atoms with van der Waals surface area (Å²) >= 11 is 0. The van der Waals surface area contributed by atoms with Gasteiger partial charge in [-0.3, -0.25) is 4.79 Å². The molecule has 0 aromatic heterocycles. The topological polar surface area (TPSA) is 26.3 Å². The second kappa shape index (κ2) is 4.21. The van der Waals surface area contributed by atoms with Gasteiger partial charge in [0.1, 0.15) is 5.76 Å². The number of Topliss-reactive ketones (excluding diaryl/α,β-unsaturated/α-hetero) is 1. The molecule has 0 saturated heterocycles. The quantitative estimate of drug-likeness (QED) is 0.711. The van der Waals surface area contributed by atoms with E-state index < -0.39 is 5.41 Å². The fourth-order valence-corrected chi connectivity index (χ4v) is 2.10. The van der Waals surface area contributed by atoms with E-state index in [9.17, 15) is 4.79 Å². The molecule has 0 heterocycles. The van der Waals surface area contributed by atoms with E-state index in [0.717, 1.165) is 29.7 Å². The number of hydrogen-bond donors (Lipinski definition) is 0. The van der Waals surface area contributed by atoms with Gasteiger partial charge in [-0.2, -0.15) is 0 Å². The predicted molar refractivity (Wildman–Crippen MR) is 61.5 cm³/mol. The molecule has 0 amide bonds. The van der Waals surface area contributed by atoms with Crippen molar-refractivity contribution in [1.29, 1.82) is 0 Å². The van der Waals surface area contributed by atoms with E-state index in [4.69, 9.17) is 4.74 Å². The second-order valence-electron chi connectivity index (χ2n) is 4.43. The van der Waals surface area contributed by atoms with Crippen LogP contribution in [0.1, 0.15) is 40.5 Å². The summed E-state index contributed by atoms with van der Waals surface area (Å²) in [5.74, 6) is 1.11. The van der Waals surface area contributed by atoms with Crippen molar-refractivity contribution < 1.29 is 9.53 Å². The molecule has 1 aliphatic rings. The van der Waals surface area contributed by atoms with Crippen LogP contribution in [0.25, 0.3) is 0 Å². The third-order valence-electron chi connectivity index (χ3n) is 2.94. The molecule has 0 spiro atoms. The maximum Gasteiger partial charge on any atom is 0.168 e. The lowest BCUT2D eigenvalue weighted by atomic mass is 9.76. The highest BCUT2D eigenvalue weighted by molar-refractivity contribution is 6.03. The Bertz CT molecular complexity index is 332. The van der Waals surface area contributed by atoms with E-state index in [1.807, 2.05) is 26.8 Å². The van der Waals surface area contributed by atoms with E-state index in [2.05, 4.69) is 6.92 Å². The zero-order valence-corrected chi connectivity index (χ0v) is 10.3. The zero-order valence-electron chi connectivity index (χ0n) is 10.3. The van der Waals surface area contributed by atoms with E-state index in [1.165, 1.54) is 0 Å². The van der Waals surface area contributed by atoms with E-state index >= 15 is 0 Å². The highest BCUT2D eigenvalue weighted by Gasteiger charge is 2.34. The summed E-state index contributed by atoms with van der Waals surface area (Å²) in [6, 6.07) is 0. The van der Waals surface area contributed by atoms with Gasteiger partial charge in [-0.05, 0) is 32.8 Å². The van der Waals surface area contributed by atoms with Crippen LogP contribution in [0, 0.1) is 5.41 Å². The number of rotatable bonds is 3. The van der Waals surface area contributed by atoms with Gasteiger partial charge in [0.2, 0.25) is 0 Å². The number of carbonyl (C=O) groups is 1. The van der Waals surface area contributed by atoms with Crippen LogP contribution in [0.4, 0.5) is 0 Å². The molecule has 0 fully saturated rings. The predicted octanol–water partition coefficient (Wildman–Crippen LogP) is 3.24. The lowest BCUT2D eigenvalue weighted by Gasteiger charge is -2.29. The molecule has 1 aliphatic carbocycles. The Labute approximate surface area is 92.0 Å². The Morgan fingerprint density at radius 2 is 1.73 bits per heavy atom. The summed E-state index contributed by atoms with van der Waals surface area (Å²) < 4.78 is 5.36. The molecule has 0 radical (unpaired) electrons. The Balaban J connectivity index is 3.30. The van der Waals surface area contributed by atoms with E-state index in [1.54, 1.807) is 7.11 Å². The molecular formula is C13H20O2. The van der Waals surface area contributed by atoms with Crippen LogP contribution in [-0.2, 0) is 9.53 Å². The van der Waals surface area contributed by atoms with Crippen molar-refractivity contribution in [1.82, 2.24) is 0 Å². The first-order valence-corrected chi connectivity index (χ1v) is 5.52. The van der Waals surface area contributed by atoms with Crippen LogP contribution in [0.5, 0.6) is 0 Å². The maximum atomic E-state index is 12.2. The molecule has 15 heavy (non-hydrogen) atoms. The lowest BCUT2D eigenvalue weighted by Crippen LogP contribution is -2.29. The van der Waals surface area contributed by atoms with Crippen molar-refractivity contribution in [2.24, 2.45) is 5.41 Å². The lowest BCUT2D eigenvalue weighted by molar-refractivity contribution is -0.121. The molecule has 2 nitrogen and oxygen atoms in total. The summed E-state index contributed by atoms with van der Waals surface area (Å²) in [5.41, 5.74) is 1.58. The third-order valence-corrected chi connectivity index (χ3v) is 2.94. The Morgan fingerprint density at radius 3 is 2.13 bits per heavy atom. The first kappa shape index (κ1) is 12.0. The molecular weight excluding hydrogens is 188 g/mol. The smallest absolute Gasteiger partial charge is 0.168 e. The zero-order chi connectivity index (χ0) is 11.6. The van der Waals surface area contributed by atoms with Gasteiger partial charge in [0.25, 0.3) is 0 Å². The van der Waals surface area contributed by atoms with Crippen molar-refractivity contribution in [2.45, 2.75) is 40.5 Å². The molecule has 1 rings (SSSR count). The van der Waals surface area contributed by atoms with E-state index in [-0.39, 0.29) is 5.78 Å². The number of methoxy groups -OCH3 is 1. The van der Waals surface area contributed by atoms with Gasteiger partial charge >= 0.3 is 0 Å². The summed E-state index contributed by atoms with van der Waals surface area (Å²) in [7, 11) is 1.67. The Morgan fingerprint density at radius 1 is 1.20 bits per heavy atom. The maximum absolute atomic E-state index is 12.2. The first-order valence-electron chi connectivity index (χ1n) is 5.52. The van der Waals surface area contributed by atoms with Crippen LogP contribution in [0.2, 0.25) is 0 Å². The summed E-state index contributed by atoms with van der Waals surface area (Å²) in [5, 5.41) is 0. The molecule has 2 heteroatoms. The van der Waals surface area contributed by atoms with E-state index in [0.29, 0.717) is 0 Å². The first-order chi connectivity index (χ1) is 6.97. The normalized spacial score (nSPS) is 20.3. The van der Waals surface area contributed by atoms with Gasteiger partial charge in [0, 0.05) is 16.6 Å². The van der Waals surface area contributed by atoms with Gasteiger partial charge in [0.05, 0.1) is 7.11 Å². The molecule has 0 aromatic rings. The van der Waals surface area contributed by atoms with Crippen LogP contribution < -0.4 is 0 Å². The van der Waals surface area contributed by atoms with Crippen LogP contribution in [0.3, 0.4) is 0 Å². The van der Waals surface area contributed by atoms with Gasteiger partial charge < -0.3 is 4.74 Å². The van der Waals surface area contributed by atoms with Crippen LogP contribution in [-0.4, -0.2) is 12.9 Å². The number of ketones is 1. The summed E-state index contributed by atoms with van der Waals surface area (Å²) in [4.78, 5) is 12.2. The van der Waals surface area contributed by atoms with Crippen molar-refractivity contribution >= 4 is 5.78 Å². The van der Waals surface area contributed by atoms with Crippen LogP contribution in [0.15, 0.2) is 23.0 Å². The van der Waals surface area contributed by atoms with Gasteiger partial charge in [-0.25, -0.2) is 0 Å². The van der Waals surface area contributed by atoms with Gasteiger partial charge in [-0.1, -0.05) is 13.8 Å². The van der Waals surface area contributed by atoms with Crippen molar-refractivity contribution in [3.05, 3.63) is 23.0 Å². The minimum atomic E-state index is -0.421. The minimum absolute atomic E-state index is 0.239. The number of ether oxygens (including phenoxy) is 1. The number of carbonyl (C=O) groups excluding carboxylic acids is 1. The third kappa shape index (κ3) is 1.99. The molecule has 0 N–H and O–H groups in total. The Hall–Kier alpha value is -1.05. The number of allylic oxidation sites excluding steroid dienone is 3. The molecule has 0 aromatic carbocycles. The molecule has 0 unspecified atom stereocenters. The van der Waals surface area contributed by atoms with Crippen molar-refractivity contribution in [3.63, 3.8) is 0 Å².